The molecule has 1 aliphatic rings. The van der Waals surface area contributed by atoms with E-state index >= 15 is 0 Å². The van der Waals surface area contributed by atoms with Crippen molar-refractivity contribution in [3.05, 3.63) is 29.1 Å². The van der Waals surface area contributed by atoms with Crippen LogP contribution in [0.1, 0.15) is 16.6 Å². The lowest BCUT2D eigenvalue weighted by atomic mass is 10.2. The molecule has 0 spiro atoms. The van der Waals surface area contributed by atoms with Crippen molar-refractivity contribution in [3.8, 4) is 0 Å². The number of nitrogen functional groups attached to an aromatic ring is 1. The average molecular weight is 276 g/mol. The van der Waals surface area contributed by atoms with Gasteiger partial charge in [-0.3, -0.25) is 4.79 Å². The summed E-state index contributed by atoms with van der Waals surface area (Å²) < 4.78 is 6.56. The molecule has 2 N–H and O–H groups in total. The number of hydrogen-bond acceptors (Lipinski definition) is 4. The number of amides is 1. The second kappa shape index (κ2) is 4.83. The molecule has 4 nitrogen and oxygen atoms in total. The van der Waals surface area contributed by atoms with E-state index in [0.717, 1.165) is 20.7 Å². The van der Waals surface area contributed by atoms with E-state index < -0.39 is 0 Å². The minimum absolute atomic E-state index is 0.0925. The first-order valence-electron chi connectivity index (χ1n) is 6.33. The SMILES string of the molecule is CC1CN(C(=O)c2cc3cc(N)ccc3s2)CCO1. The van der Waals surface area contributed by atoms with Gasteiger partial charge < -0.3 is 15.4 Å². The molecule has 5 heteroatoms. The highest BCUT2D eigenvalue weighted by Gasteiger charge is 2.23. The minimum Gasteiger partial charge on any atom is -0.399 e. The summed E-state index contributed by atoms with van der Waals surface area (Å²) in [7, 11) is 0. The summed E-state index contributed by atoms with van der Waals surface area (Å²) in [6.07, 6.45) is 0.114. The van der Waals surface area contributed by atoms with Crippen LogP contribution >= 0.6 is 11.3 Å². The van der Waals surface area contributed by atoms with Crippen LogP contribution in [0.3, 0.4) is 0 Å². The van der Waals surface area contributed by atoms with E-state index in [0.29, 0.717) is 19.7 Å². The van der Waals surface area contributed by atoms with E-state index in [1.54, 1.807) is 0 Å². The second-order valence-electron chi connectivity index (χ2n) is 4.84. The number of anilines is 1. The van der Waals surface area contributed by atoms with Crippen molar-refractivity contribution in [3.63, 3.8) is 0 Å². The molecule has 0 radical (unpaired) electrons. The van der Waals surface area contributed by atoms with Gasteiger partial charge >= 0.3 is 0 Å². The molecular formula is C14H16N2O2S. The standard InChI is InChI=1S/C14H16N2O2S/c1-9-8-16(4-5-18-9)14(17)13-7-10-6-11(15)2-3-12(10)19-13/h2-3,6-7,9H,4-5,8,15H2,1H3. The maximum absolute atomic E-state index is 12.4. The molecule has 19 heavy (non-hydrogen) atoms. The Morgan fingerprint density at radius 1 is 1.47 bits per heavy atom. The van der Waals surface area contributed by atoms with Crippen molar-refractivity contribution in [2.75, 3.05) is 25.4 Å². The third-order valence-corrected chi connectivity index (χ3v) is 4.38. The van der Waals surface area contributed by atoms with Gasteiger partial charge in [0, 0.05) is 23.5 Å². The molecule has 2 heterocycles. The molecule has 1 fully saturated rings. The molecule has 1 amide bonds. The number of morpholine rings is 1. The normalized spacial score (nSPS) is 19.8. The molecule has 3 rings (SSSR count). The molecule has 1 aliphatic heterocycles. The van der Waals surface area contributed by atoms with Gasteiger partial charge in [-0.25, -0.2) is 0 Å². The Labute approximate surface area is 115 Å². The second-order valence-corrected chi connectivity index (χ2v) is 5.92. The molecular weight excluding hydrogens is 260 g/mol. The predicted molar refractivity (Wildman–Crippen MR) is 77.6 cm³/mol. The molecule has 1 saturated heterocycles. The van der Waals surface area contributed by atoms with Crippen LogP contribution < -0.4 is 5.73 Å². The summed E-state index contributed by atoms with van der Waals surface area (Å²) in [4.78, 5) is 15.1. The number of ether oxygens (including phenoxy) is 1. The van der Waals surface area contributed by atoms with Gasteiger partial charge in [0.1, 0.15) is 0 Å². The average Bonchev–Trinajstić information content (AvgIpc) is 2.80. The summed E-state index contributed by atoms with van der Waals surface area (Å²) in [6.45, 7) is 3.94. The maximum Gasteiger partial charge on any atom is 0.264 e. The Morgan fingerprint density at radius 3 is 3.11 bits per heavy atom. The highest BCUT2D eigenvalue weighted by Crippen LogP contribution is 2.28. The number of hydrogen-bond donors (Lipinski definition) is 1. The van der Waals surface area contributed by atoms with E-state index in [-0.39, 0.29) is 12.0 Å². The van der Waals surface area contributed by atoms with Crippen molar-refractivity contribution in [1.29, 1.82) is 0 Å². The quantitative estimate of drug-likeness (QED) is 0.813. The molecule has 0 aliphatic carbocycles. The lowest BCUT2D eigenvalue weighted by Gasteiger charge is -2.30. The van der Waals surface area contributed by atoms with Crippen molar-refractivity contribution in [1.82, 2.24) is 4.90 Å². The molecule has 1 aromatic heterocycles. The lowest BCUT2D eigenvalue weighted by Crippen LogP contribution is -2.44. The third-order valence-electron chi connectivity index (χ3n) is 3.28. The van der Waals surface area contributed by atoms with Crippen LogP contribution in [0.4, 0.5) is 5.69 Å². The van der Waals surface area contributed by atoms with Crippen LogP contribution in [-0.2, 0) is 4.74 Å². The highest BCUT2D eigenvalue weighted by molar-refractivity contribution is 7.20. The zero-order valence-electron chi connectivity index (χ0n) is 10.8. The van der Waals surface area contributed by atoms with Gasteiger partial charge in [-0.05, 0) is 36.6 Å². The Morgan fingerprint density at radius 2 is 2.32 bits per heavy atom. The molecule has 1 unspecified atom stereocenters. The van der Waals surface area contributed by atoms with Gasteiger partial charge in [-0.2, -0.15) is 0 Å². The number of benzene rings is 1. The van der Waals surface area contributed by atoms with E-state index in [2.05, 4.69) is 0 Å². The summed E-state index contributed by atoms with van der Waals surface area (Å²) in [5.74, 6) is 0.0925. The van der Waals surface area contributed by atoms with E-state index in [4.69, 9.17) is 10.5 Å². The Kier molecular flexibility index (Phi) is 3.16. The van der Waals surface area contributed by atoms with Gasteiger partial charge in [-0.15, -0.1) is 11.3 Å². The zero-order chi connectivity index (χ0) is 13.4. The summed E-state index contributed by atoms with van der Waals surface area (Å²) >= 11 is 1.52. The summed E-state index contributed by atoms with van der Waals surface area (Å²) in [5.41, 5.74) is 6.49. The zero-order valence-corrected chi connectivity index (χ0v) is 11.6. The lowest BCUT2D eigenvalue weighted by molar-refractivity contribution is -0.0122. The first-order chi connectivity index (χ1) is 9.13. The number of carbonyl (C=O) groups is 1. The minimum atomic E-state index is 0.0925. The van der Waals surface area contributed by atoms with Crippen molar-refractivity contribution in [2.45, 2.75) is 13.0 Å². The maximum atomic E-state index is 12.4. The molecule has 100 valence electrons. The fraction of sp³-hybridized carbons (Fsp3) is 0.357. The predicted octanol–water partition coefficient (Wildman–Crippen LogP) is 2.34. The third kappa shape index (κ3) is 2.43. The molecule has 0 bridgehead atoms. The Balaban J connectivity index is 1.88. The Bertz CT molecular complexity index is 623. The molecule has 2 aromatic rings. The summed E-state index contributed by atoms with van der Waals surface area (Å²) in [5, 5.41) is 1.04. The number of rotatable bonds is 1. The smallest absolute Gasteiger partial charge is 0.264 e. The first kappa shape index (κ1) is 12.4. The summed E-state index contributed by atoms with van der Waals surface area (Å²) in [6, 6.07) is 7.67. The highest BCUT2D eigenvalue weighted by atomic mass is 32.1. The van der Waals surface area contributed by atoms with Crippen molar-refractivity contribution >= 4 is 33.0 Å². The van der Waals surface area contributed by atoms with Crippen molar-refractivity contribution < 1.29 is 9.53 Å². The van der Waals surface area contributed by atoms with Gasteiger partial charge in [0.2, 0.25) is 0 Å². The van der Waals surface area contributed by atoms with Crippen LogP contribution in [0, 0.1) is 0 Å². The van der Waals surface area contributed by atoms with E-state index in [1.165, 1.54) is 11.3 Å². The fourth-order valence-electron chi connectivity index (χ4n) is 2.33. The largest absolute Gasteiger partial charge is 0.399 e. The van der Waals surface area contributed by atoms with E-state index in [1.807, 2.05) is 36.1 Å². The van der Waals surface area contributed by atoms with Crippen molar-refractivity contribution in [2.24, 2.45) is 0 Å². The van der Waals surface area contributed by atoms with Crippen LogP contribution in [0.15, 0.2) is 24.3 Å². The van der Waals surface area contributed by atoms with Gasteiger partial charge in [0.05, 0.1) is 17.6 Å². The van der Waals surface area contributed by atoms with Gasteiger partial charge in [0.25, 0.3) is 5.91 Å². The molecule has 1 aromatic carbocycles. The Hall–Kier alpha value is -1.59. The number of thiophene rings is 1. The molecule has 1 atom stereocenters. The van der Waals surface area contributed by atoms with Crippen LogP contribution in [0.25, 0.3) is 10.1 Å². The van der Waals surface area contributed by atoms with E-state index in [9.17, 15) is 4.79 Å². The fourth-order valence-corrected chi connectivity index (χ4v) is 3.34. The van der Waals surface area contributed by atoms with Gasteiger partial charge in [-0.1, -0.05) is 0 Å². The molecule has 0 saturated carbocycles. The first-order valence-corrected chi connectivity index (χ1v) is 7.15. The van der Waals surface area contributed by atoms with Crippen LogP contribution in [0.5, 0.6) is 0 Å². The number of nitrogens with zero attached hydrogens (tertiary/aromatic N) is 1. The van der Waals surface area contributed by atoms with Crippen LogP contribution in [0.2, 0.25) is 0 Å². The number of fused-ring (bicyclic) bond motifs is 1. The van der Waals surface area contributed by atoms with Gasteiger partial charge in [0.15, 0.2) is 0 Å². The monoisotopic (exact) mass is 276 g/mol. The number of nitrogens with two attached hydrogens (primary N) is 1. The van der Waals surface area contributed by atoms with Crippen LogP contribution in [-0.4, -0.2) is 36.6 Å². The number of carbonyl (C=O) groups excluding carboxylic acids is 1. The topological polar surface area (TPSA) is 55.6 Å².